The normalized spacial score (nSPS) is 13.8. The van der Waals surface area contributed by atoms with Crippen molar-refractivity contribution in [3.05, 3.63) is 108 Å². The van der Waals surface area contributed by atoms with Gasteiger partial charge in [0.1, 0.15) is 22.8 Å². The quantitative estimate of drug-likeness (QED) is 0.123. The van der Waals surface area contributed by atoms with Gasteiger partial charge in [0.15, 0.2) is 0 Å². The lowest BCUT2D eigenvalue weighted by atomic mass is 9.98. The molecule has 16 heteroatoms. The number of aromatic nitrogens is 4. The number of rotatable bonds is 9. The number of nitrogens with one attached hydrogen (secondary N) is 3. The van der Waals surface area contributed by atoms with E-state index >= 15 is 0 Å². The van der Waals surface area contributed by atoms with E-state index in [-0.39, 0.29) is 40.6 Å². The third-order valence-corrected chi connectivity index (χ3v) is 7.82. The molecule has 0 saturated carbocycles. The molecule has 0 bridgehead atoms. The Morgan fingerprint density at radius 3 is 2.54 bits per heavy atom. The van der Waals surface area contributed by atoms with Crippen LogP contribution in [0.3, 0.4) is 0 Å². The molecule has 8 N–H and O–H groups in total. The molecule has 0 radical (unpaired) electrons. The van der Waals surface area contributed by atoms with Crippen LogP contribution in [0, 0.1) is 6.92 Å². The van der Waals surface area contributed by atoms with Crippen molar-refractivity contribution < 1.29 is 24.3 Å². The molecule has 0 saturated heterocycles. The number of carbonyl (C=O) groups is 4. The van der Waals surface area contributed by atoms with Crippen LogP contribution >= 0.6 is 0 Å². The number of carboxylic acid groups (broad SMARTS) is 1. The Kier molecular flexibility index (Phi) is 7.23. The first-order valence-corrected chi connectivity index (χ1v) is 13.9. The SMILES string of the molecule is Cc1c(C(=O)O)ccc2c1CC[C@@H]2NC(=O)c1cc(C(=O)NCc2cccc(Nc3c(N)c(=O)c3=O)c2)nc2nc(C(N)=O)nn12. The van der Waals surface area contributed by atoms with E-state index in [1.807, 2.05) is 0 Å². The largest absolute Gasteiger partial charge is 0.478 e. The van der Waals surface area contributed by atoms with E-state index in [9.17, 15) is 33.9 Å². The first kappa shape index (κ1) is 29.6. The van der Waals surface area contributed by atoms with Crippen LogP contribution in [0.5, 0.6) is 0 Å². The summed E-state index contributed by atoms with van der Waals surface area (Å²) in [4.78, 5) is 81.5. The number of fused-ring (bicyclic) bond motifs is 2. The number of benzene rings is 2. The van der Waals surface area contributed by atoms with E-state index in [2.05, 4.69) is 31.0 Å². The van der Waals surface area contributed by atoms with E-state index in [1.54, 1.807) is 37.3 Å². The zero-order valence-corrected chi connectivity index (χ0v) is 24.1. The van der Waals surface area contributed by atoms with Gasteiger partial charge in [0.2, 0.25) is 5.82 Å². The van der Waals surface area contributed by atoms with Crippen molar-refractivity contribution >= 4 is 46.5 Å². The Morgan fingerprint density at radius 1 is 1.04 bits per heavy atom. The van der Waals surface area contributed by atoms with Crippen molar-refractivity contribution in [1.82, 2.24) is 30.2 Å². The molecule has 0 unspecified atom stereocenters. The molecule has 5 aromatic rings. The number of nitrogens with two attached hydrogens (primary N) is 2. The predicted molar refractivity (Wildman–Crippen MR) is 163 cm³/mol. The first-order valence-electron chi connectivity index (χ1n) is 13.9. The maximum absolute atomic E-state index is 13.6. The summed E-state index contributed by atoms with van der Waals surface area (Å²) in [6, 6.07) is 10.6. The van der Waals surface area contributed by atoms with Crippen LogP contribution in [0.2, 0.25) is 0 Å². The molecule has 6 rings (SSSR count). The molecule has 2 heterocycles. The van der Waals surface area contributed by atoms with Crippen LogP contribution in [0.25, 0.3) is 5.78 Å². The highest BCUT2D eigenvalue weighted by atomic mass is 16.4. The van der Waals surface area contributed by atoms with Gasteiger partial charge < -0.3 is 32.5 Å². The lowest BCUT2D eigenvalue weighted by Crippen LogP contribution is -2.36. The van der Waals surface area contributed by atoms with E-state index < -0.39 is 46.4 Å². The smallest absolute Gasteiger partial charge is 0.335 e. The van der Waals surface area contributed by atoms with Crippen LogP contribution < -0.4 is 38.3 Å². The molecule has 0 spiro atoms. The highest BCUT2D eigenvalue weighted by Gasteiger charge is 2.29. The standard InChI is InChI=1S/C30H25N9O7/c1-12-15-7-8-18(17(15)6-5-16(12)29(45)46)35-28(44)20-10-19(36-30-37-26(25(32)42)38-39(20)30)27(43)33-11-13-3-2-4-14(9-13)34-22-21(31)23(40)24(22)41/h2-6,9-10,18,34H,7-8,11,31H2,1H3,(H2,32,42)(H,33,43)(H,35,44)(H,45,46)/t18-/m0/s1. The summed E-state index contributed by atoms with van der Waals surface area (Å²) in [5.74, 6) is -3.93. The van der Waals surface area contributed by atoms with Gasteiger partial charge in [-0.1, -0.05) is 18.2 Å². The second-order valence-electron chi connectivity index (χ2n) is 10.7. The minimum atomic E-state index is -1.04. The maximum Gasteiger partial charge on any atom is 0.335 e. The number of amides is 3. The number of carbonyl (C=O) groups excluding carboxylic acids is 3. The van der Waals surface area contributed by atoms with Crippen LogP contribution in [0.4, 0.5) is 17.1 Å². The van der Waals surface area contributed by atoms with Gasteiger partial charge in [-0.3, -0.25) is 24.0 Å². The summed E-state index contributed by atoms with van der Waals surface area (Å²) in [6.07, 6.45) is 1.07. The Morgan fingerprint density at radius 2 is 1.83 bits per heavy atom. The van der Waals surface area contributed by atoms with Crippen molar-refractivity contribution in [1.29, 1.82) is 0 Å². The molecule has 1 aliphatic rings. The summed E-state index contributed by atoms with van der Waals surface area (Å²) in [5, 5.41) is 21.9. The number of aromatic carboxylic acids is 1. The third kappa shape index (κ3) is 5.17. The molecule has 3 aromatic carbocycles. The molecule has 2 aromatic heterocycles. The number of primary amides is 1. The average Bonchev–Trinajstić information content (AvgIpc) is 3.66. The third-order valence-electron chi connectivity index (χ3n) is 7.82. The molecule has 46 heavy (non-hydrogen) atoms. The number of anilines is 3. The van der Waals surface area contributed by atoms with Crippen molar-refractivity contribution in [2.45, 2.75) is 32.4 Å². The van der Waals surface area contributed by atoms with Gasteiger partial charge in [0, 0.05) is 18.3 Å². The Balaban J connectivity index is 1.24. The minimum absolute atomic E-state index is 0.000584. The highest BCUT2D eigenvalue weighted by Crippen LogP contribution is 2.35. The molecular weight excluding hydrogens is 598 g/mol. The number of carboxylic acids is 1. The summed E-state index contributed by atoms with van der Waals surface area (Å²) in [6.45, 7) is 1.74. The zero-order valence-electron chi connectivity index (χ0n) is 24.1. The van der Waals surface area contributed by atoms with Crippen molar-refractivity contribution in [2.24, 2.45) is 5.73 Å². The van der Waals surface area contributed by atoms with Gasteiger partial charge in [-0.25, -0.2) is 9.78 Å². The van der Waals surface area contributed by atoms with Crippen molar-refractivity contribution in [3.8, 4) is 0 Å². The van der Waals surface area contributed by atoms with Crippen LogP contribution in [0.15, 0.2) is 52.1 Å². The predicted octanol–water partition coefficient (Wildman–Crippen LogP) is 0.499. The fourth-order valence-corrected chi connectivity index (χ4v) is 5.45. The molecular formula is C30H25N9O7. The fraction of sp³-hybridized carbons (Fsp3) is 0.167. The van der Waals surface area contributed by atoms with E-state index in [1.165, 1.54) is 12.1 Å². The molecule has 0 fully saturated rings. The van der Waals surface area contributed by atoms with Gasteiger partial charge in [0.25, 0.3) is 34.4 Å². The Hall–Kier alpha value is -6.45. The average molecular weight is 624 g/mol. The number of hydrogen-bond donors (Lipinski definition) is 6. The maximum atomic E-state index is 13.6. The van der Waals surface area contributed by atoms with E-state index in [0.717, 1.165) is 15.6 Å². The van der Waals surface area contributed by atoms with Crippen molar-refractivity contribution in [3.63, 3.8) is 0 Å². The molecule has 3 amide bonds. The first-order chi connectivity index (χ1) is 21.9. The fourth-order valence-electron chi connectivity index (χ4n) is 5.45. The second-order valence-corrected chi connectivity index (χ2v) is 10.7. The van der Waals surface area contributed by atoms with E-state index in [0.29, 0.717) is 29.7 Å². The Labute approximate surface area is 258 Å². The molecule has 0 aliphatic heterocycles. The second kappa shape index (κ2) is 11.2. The lowest BCUT2D eigenvalue weighted by molar-refractivity contribution is 0.0695. The van der Waals surface area contributed by atoms with Gasteiger partial charge in [-0.15, -0.1) is 5.10 Å². The highest BCUT2D eigenvalue weighted by molar-refractivity contribution is 5.99. The number of nitrogen functional groups attached to an aromatic ring is 1. The minimum Gasteiger partial charge on any atom is -0.478 e. The topological polar surface area (TPSA) is 254 Å². The van der Waals surface area contributed by atoms with Crippen LogP contribution in [0.1, 0.15) is 76.7 Å². The molecule has 232 valence electrons. The monoisotopic (exact) mass is 623 g/mol. The summed E-state index contributed by atoms with van der Waals surface area (Å²) in [7, 11) is 0. The van der Waals surface area contributed by atoms with Gasteiger partial charge in [-0.2, -0.15) is 9.50 Å². The summed E-state index contributed by atoms with van der Waals surface area (Å²) in [5.41, 5.74) is 12.5. The van der Waals surface area contributed by atoms with Crippen molar-refractivity contribution in [2.75, 3.05) is 11.1 Å². The Bertz CT molecular complexity index is 2200. The number of nitrogens with zero attached hydrogens (tertiary/aromatic N) is 4. The van der Waals surface area contributed by atoms with Crippen LogP contribution in [-0.4, -0.2) is 48.4 Å². The van der Waals surface area contributed by atoms with Gasteiger partial charge >= 0.3 is 5.97 Å². The molecule has 16 nitrogen and oxygen atoms in total. The lowest BCUT2D eigenvalue weighted by Gasteiger charge is -2.16. The molecule has 1 atom stereocenters. The summed E-state index contributed by atoms with van der Waals surface area (Å²) >= 11 is 0. The zero-order chi connectivity index (χ0) is 32.9. The van der Waals surface area contributed by atoms with Crippen LogP contribution in [-0.2, 0) is 13.0 Å². The molecule has 1 aliphatic carbocycles. The van der Waals surface area contributed by atoms with E-state index in [4.69, 9.17) is 11.5 Å². The van der Waals surface area contributed by atoms with Gasteiger partial charge in [-0.05, 0) is 60.2 Å². The van der Waals surface area contributed by atoms with Gasteiger partial charge in [0.05, 0.1) is 11.6 Å². The number of hydrogen-bond acceptors (Lipinski definition) is 11. The summed E-state index contributed by atoms with van der Waals surface area (Å²) < 4.78 is 1.02.